The summed E-state index contributed by atoms with van der Waals surface area (Å²) in [4.78, 5) is 12.5. The molecule has 0 aliphatic rings. The largest absolute Gasteiger partial charge is 0.494 e. The quantitative estimate of drug-likeness (QED) is 0.297. The first kappa shape index (κ1) is 21.1. The summed E-state index contributed by atoms with van der Waals surface area (Å²) in [6.45, 7) is 2.94. The first-order valence-electron chi connectivity index (χ1n) is 10.5. The molecule has 0 atom stereocenters. The van der Waals surface area contributed by atoms with E-state index in [1.807, 2.05) is 73.7 Å². The van der Waals surface area contributed by atoms with Crippen molar-refractivity contribution in [1.82, 2.24) is 5.43 Å². The van der Waals surface area contributed by atoms with E-state index in [-0.39, 0.29) is 5.91 Å². The molecular formula is C27H24N2O3. The van der Waals surface area contributed by atoms with Crippen LogP contribution in [0.4, 0.5) is 0 Å². The van der Waals surface area contributed by atoms with E-state index in [2.05, 4.69) is 10.5 Å². The highest BCUT2D eigenvalue weighted by molar-refractivity contribution is 6.03. The molecule has 0 aliphatic carbocycles. The number of hydrogen-bond donors (Lipinski definition) is 1. The van der Waals surface area contributed by atoms with Crippen LogP contribution in [0.15, 0.2) is 96.1 Å². The maximum atomic E-state index is 12.5. The third kappa shape index (κ3) is 5.13. The predicted molar refractivity (Wildman–Crippen MR) is 127 cm³/mol. The minimum Gasteiger partial charge on any atom is -0.494 e. The van der Waals surface area contributed by atoms with Crippen molar-refractivity contribution in [3.8, 4) is 11.5 Å². The first-order valence-corrected chi connectivity index (χ1v) is 10.5. The number of fused-ring (bicyclic) bond motifs is 1. The topological polar surface area (TPSA) is 59.9 Å². The predicted octanol–water partition coefficient (Wildman–Crippen LogP) is 5.58. The van der Waals surface area contributed by atoms with Crippen LogP contribution in [-0.2, 0) is 6.61 Å². The number of ether oxygens (including phenoxy) is 2. The molecule has 4 aromatic carbocycles. The molecule has 0 saturated heterocycles. The Hall–Kier alpha value is -4.12. The van der Waals surface area contributed by atoms with Gasteiger partial charge in [-0.3, -0.25) is 4.79 Å². The van der Waals surface area contributed by atoms with Gasteiger partial charge in [-0.25, -0.2) is 5.43 Å². The Balaban J connectivity index is 1.53. The summed E-state index contributed by atoms with van der Waals surface area (Å²) in [5, 5.41) is 6.27. The van der Waals surface area contributed by atoms with Crippen molar-refractivity contribution in [1.29, 1.82) is 0 Å². The lowest BCUT2D eigenvalue weighted by atomic mass is 10.0. The molecule has 0 unspecified atom stereocenters. The number of hydrogen-bond acceptors (Lipinski definition) is 4. The summed E-state index contributed by atoms with van der Waals surface area (Å²) in [5.41, 5.74) is 4.99. The van der Waals surface area contributed by atoms with Crippen LogP contribution in [0.5, 0.6) is 11.5 Å². The number of amides is 1. The third-order valence-electron chi connectivity index (χ3n) is 4.96. The van der Waals surface area contributed by atoms with Crippen LogP contribution in [0.2, 0.25) is 0 Å². The number of rotatable bonds is 8. The lowest BCUT2D eigenvalue weighted by Crippen LogP contribution is -2.17. The second-order valence-corrected chi connectivity index (χ2v) is 7.13. The first-order chi connectivity index (χ1) is 15.7. The summed E-state index contributed by atoms with van der Waals surface area (Å²) in [6.07, 6.45) is 1.63. The van der Waals surface area contributed by atoms with Crippen molar-refractivity contribution in [2.45, 2.75) is 13.5 Å². The van der Waals surface area contributed by atoms with Gasteiger partial charge in [0.25, 0.3) is 5.91 Å². The minimum atomic E-state index is -0.295. The Labute approximate surface area is 187 Å². The molecule has 4 rings (SSSR count). The molecule has 5 heteroatoms. The minimum absolute atomic E-state index is 0.295. The van der Waals surface area contributed by atoms with Crippen LogP contribution in [-0.4, -0.2) is 18.7 Å². The van der Waals surface area contributed by atoms with Crippen LogP contribution in [0.3, 0.4) is 0 Å². The van der Waals surface area contributed by atoms with E-state index in [0.29, 0.717) is 24.5 Å². The van der Waals surface area contributed by atoms with Crippen LogP contribution >= 0.6 is 0 Å². The summed E-state index contributed by atoms with van der Waals surface area (Å²) in [5.74, 6) is 1.13. The Morgan fingerprint density at radius 1 is 0.875 bits per heavy atom. The highest BCUT2D eigenvalue weighted by Gasteiger charge is 2.09. The highest BCUT2D eigenvalue weighted by atomic mass is 16.5. The van der Waals surface area contributed by atoms with Gasteiger partial charge in [0, 0.05) is 11.1 Å². The van der Waals surface area contributed by atoms with Gasteiger partial charge in [-0.05, 0) is 53.6 Å². The van der Waals surface area contributed by atoms with E-state index in [1.165, 1.54) is 0 Å². The molecule has 1 N–H and O–H groups in total. The Morgan fingerprint density at radius 3 is 2.41 bits per heavy atom. The normalized spacial score (nSPS) is 10.9. The third-order valence-corrected chi connectivity index (χ3v) is 4.96. The molecule has 0 bridgehead atoms. The fraction of sp³-hybridized carbons (Fsp3) is 0.111. The maximum absolute atomic E-state index is 12.5. The zero-order chi connectivity index (χ0) is 22.2. The Morgan fingerprint density at radius 2 is 1.62 bits per heavy atom. The van der Waals surface area contributed by atoms with Gasteiger partial charge in [0.05, 0.1) is 12.8 Å². The van der Waals surface area contributed by atoms with Gasteiger partial charge in [0.15, 0.2) is 0 Å². The van der Waals surface area contributed by atoms with E-state index in [9.17, 15) is 4.79 Å². The molecule has 5 nitrogen and oxygen atoms in total. The standard InChI is InChI=1S/C27H24N2O3/c1-2-31-23-15-12-22(13-16-23)27(30)29-28-18-25-24-11-7-6-10-21(24)14-17-26(25)32-19-20-8-4-3-5-9-20/h3-18H,2,19H2,1H3,(H,29,30)/b28-18+. The van der Waals surface area contributed by atoms with Gasteiger partial charge in [0.1, 0.15) is 18.1 Å². The number of nitrogens with one attached hydrogen (secondary N) is 1. The van der Waals surface area contributed by atoms with E-state index in [0.717, 1.165) is 27.6 Å². The molecule has 160 valence electrons. The Bertz CT molecular complexity index is 1220. The molecule has 1 amide bonds. The summed E-state index contributed by atoms with van der Waals surface area (Å²) >= 11 is 0. The SMILES string of the molecule is CCOc1ccc(C(=O)N/N=C/c2c(OCc3ccccc3)ccc3ccccc23)cc1. The molecule has 0 aromatic heterocycles. The van der Waals surface area contributed by atoms with Crippen molar-refractivity contribution < 1.29 is 14.3 Å². The van der Waals surface area contributed by atoms with Gasteiger partial charge in [-0.1, -0.05) is 60.7 Å². The van der Waals surface area contributed by atoms with Crippen molar-refractivity contribution in [2.75, 3.05) is 6.61 Å². The number of hydrazone groups is 1. The molecule has 0 spiro atoms. The monoisotopic (exact) mass is 424 g/mol. The molecule has 0 fully saturated rings. The fourth-order valence-electron chi connectivity index (χ4n) is 3.36. The van der Waals surface area contributed by atoms with Crippen LogP contribution in [0.25, 0.3) is 10.8 Å². The van der Waals surface area contributed by atoms with Crippen molar-refractivity contribution in [2.24, 2.45) is 5.10 Å². The molecule has 0 radical (unpaired) electrons. The van der Waals surface area contributed by atoms with Gasteiger partial charge >= 0.3 is 0 Å². The second-order valence-electron chi connectivity index (χ2n) is 7.13. The lowest BCUT2D eigenvalue weighted by molar-refractivity contribution is 0.0955. The van der Waals surface area contributed by atoms with Gasteiger partial charge in [-0.15, -0.1) is 0 Å². The molecule has 32 heavy (non-hydrogen) atoms. The molecule has 4 aromatic rings. The van der Waals surface area contributed by atoms with E-state index in [1.54, 1.807) is 30.5 Å². The average Bonchev–Trinajstić information content (AvgIpc) is 2.84. The van der Waals surface area contributed by atoms with Gasteiger partial charge in [0.2, 0.25) is 0 Å². The number of nitrogens with zero attached hydrogens (tertiary/aromatic N) is 1. The van der Waals surface area contributed by atoms with E-state index >= 15 is 0 Å². The van der Waals surface area contributed by atoms with Crippen molar-refractivity contribution >= 4 is 22.9 Å². The highest BCUT2D eigenvalue weighted by Crippen LogP contribution is 2.27. The molecule has 0 saturated carbocycles. The number of carbonyl (C=O) groups excluding carboxylic acids is 1. The Kier molecular flexibility index (Phi) is 6.78. The summed E-state index contributed by atoms with van der Waals surface area (Å²) < 4.78 is 11.5. The zero-order valence-corrected chi connectivity index (χ0v) is 17.8. The van der Waals surface area contributed by atoms with Gasteiger partial charge in [-0.2, -0.15) is 5.10 Å². The summed E-state index contributed by atoms with van der Waals surface area (Å²) in [6, 6.07) is 28.9. The van der Waals surface area contributed by atoms with Crippen LogP contribution in [0, 0.1) is 0 Å². The fourth-order valence-corrected chi connectivity index (χ4v) is 3.36. The van der Waals surface area contributed by atoms with E-state index < -0.39 is 0 Å². The van der Waals surface area contributed by atoms with Crippen molar-refractivity contribution in [3.63, 3.8) is 0 Å². The van der Waals surface area contributed by atoms with Crippen LogP contribution in [0.1, 0.15) is 28.4 Å². The molecule has 0 heterocycles. The second kappa shape index (κ2) is 10.3. The average molecular weight is 425 g/mol. The number of benzene rings is 4. The summed E-state index contributed by atoms with van der Waals surface area (Å²) in [7, 11) is 0. The van der Waals surface area contributed by atoms with Crippen LogP contribution < -0.4 is 14.9 Å². The zero-order valence-electron chi connectivity index (χ0n) is 17.8. The number of carbonyl (C=O) groups is 1. The van der Waals surface area contributed by atoms with E-state index in [4.69, 9.17) is 9.47 Å². The molecule has 0 aliphatic heterocycles. The smallest absolute Gasteiger partial charge is 0.271 e. The maximum Gasteiger partial charge on any atom is 0.271 e. The lowest BCUT2D eigenvalue weighted by Gasteiger charge is -2.12. The van der Waals surface area contributed by atoms with Crippen molar-refractivity contribution in [3.05, 3.63) is 108 Å². The molecular weight excluding hydrogens is 400 g/mol. The van der Waals surface area contributed by atoms with Gasteiger partial charge < -0.3 is 9.47 Å².